The van der Waals surface area contributed by atoms with E-state index in [1.165, 1.54) is 18.9 Å². The number of aromatic nitrogens is 2. The summed E-state index contributed by atoms with van der Waals surface area (Å²) in [7, 11) is 0. The van der Waals surface area contributed by atoms with Crippen LogP contribution in [0, 0.1) is 5.82 Å². The van der Waals surface area contributed by atoms with Gasteiger partial charge in [0, 0.05) is 18.7 Å². The van der Waals surface area contributed by atoms with Crippen LogP contribution in [0.4, 0.5) is 4.39 Å². The molecule has 0 bridgehead atoms. The van der Waals surface area contributed by atoms with Crippen LogP contribution in [-0.4, -0.2) is 22.0 Å². The quantitative estimate of drug-likeness (QED) is 0.834. The normalized spacial score (nSPS) is 20.7. The molecule has 1 unspecified atom stereocenters. The zero-order valence-electron chi connectivity index (χ0n) is 8.99. The van der Waals surface area contributed by atoms with E-state index in [-0.39, 0.29) is 5.82 Å². The Morgan fingerprint density at radius 2 is 2.50 bits per heavy atom. The van der Waals surface area contributed by atoms with E-state index < -0.39 is 0 Å². The van der Waals surface area contributed by atoms with E-state index in [9.17, 15) is 4.39 Å². The Labute approximate surface area is 93.3 Å². The third-order valence-corrected chi connectivity index (χ3v) is 3.19. The monoisotopic (exact) mass is 219 g/mol. The molecule has 1 atom stereocenters. The second-order valence-corrected chi connectivity index (χ2v) is 4.28. The number of nitrogens with one attached hydrogen (secondary N) is 1. The van der Waals surface area contributed by atoms with Crippen molar-refractivity contribution < 1.29 is 4.39 Å². The van der Waals surface area contributed by atoms with Crippen molar-refractivity contribution in [2.24, 2.45) is 0 Å². The molecule has 84 valence electrons. The highest BCUT2D eigenvalue weighted by Crippen LogP contribution is 2.15. The van der Waals surface area contributed by atoms with E-state index in [1.54, 1.807) is 12.3 Å². The van der Waals surface area contributed by atoms with Gasteiger partial charge in [0.2, 0.25) is 0 Å². The van der Waals surface area contributed by atoms with Crippen molar-refractivity contribution in [2.45, 2.75) is 25.3 Å². The molecule has 1 saturated heterocycles. The van der Waals surface area contributed by atoms with Crippen molar-refractivity contribution >= 4 is 5.52 Å². The summed E-state index contributed by atoms with van der Waals surface area (Å²) < 4.78 is 15.3. The van der Waals surface area contributed by atoms with Gasteiger partial charge in [-0.25, -0.2) is 9.37 Å². The lowest BCUT2D eigenvalue weighted by atomic mass is 10.1. The minimum absolute atomic E-state index is 0.208. The maximum atomic E-state index is 13.4. The Kier molecular flexibility index (Phi) is 2.36. The van der Waals surface area contributed by atoms with Gasteiger partial charge in [0.25, 0.3) is 0 Å². The topological polar surface area (TPSA) is 29.3 Å². The van der Waals surface area contributed by atoms with Crippen LogP contribution in [0.3, 0.4) is 0 Å². The average Bonchev–Trinajstić information content (AvgIpc) is 2.90. The summed E-state index contributed by atoms with van der Waals surface area (Å²) in [6, 6.07) is 3.68. The van der Waals surface area contributed by atoms with E-state index in [4.69, 9.17) is 0 Å². The van der Waals surface area contributed by atoms with Crippen LogP contribution < -0.4 is 5.32 Å². The second-order valence-electron chi connectivity index (χ2n) is 4.28. The first kappa shape index (κ1) is 9.78. The molecule has 0 aliphatic carbocycles. The van der Waals surface area contributed by atoms with Gasteiger partial charge in [-0.2, -0.15) is 0 Å². The molecule has 3 rings (SSSR count). The average molecular weight is 219 g/mol. The molecule has 1 N–H and O–H groups in total. The highest BCUT2D eigenvalue weighted by atomic mass is 19.1. The molecule has 4 heteroatoms. The van der Waals surface area contributed by atoms with E-state index in [1.807, 2.05) is 10.6 Å². The molecular formula is C12H14FN3. The molecule has 0 spiro atoms. The highest BCUT2D eigenvalue weighted by Gasteiger charge is 2.17. The molecule has 16 heavy (non-hydrogen) atoms. The lowest BCUT2D eigenvalue weighted by Gasteiger charge is -2.08. The predicted molar refractivity (Wildman–Crippen MR) is 59.9 cm³/mol. The molecule has 3 nitrogen and oxygen atoms in total. The summed E-state index contributed by atoms with van der Waals surface area (Å²) in [5, 5.41) is 3.43. The van der Waals surface area contributed by atoms with Crippen molar-refractivity contribution in [1.82, 2.24) is 14.7 Å². The summed E-state index contributed by atoms with van der Waals surface area (Å²) in [4.78, 5) is 4.30. The number of fused-ring (bicyclic) bond motifs is 1. The summed E-state index contributed by atoms with van der Waals surface area (Å²) in [6.45, 7) is 1.09. The van der Waals surface area contributed by atoms with E-state index >= 15 is 0 Å². The number of rotatable bonds is 2. The van der Waals surface area contributed by atoms with Crippen molar-refractivity contribution in [2.75, 3.05) is 6.54 Å². The summed E-state index contributed by atoms with van der Waals surface area (Å²) in [5.41, 5.74) is 0.565. The van der Waals surface area contributed by atoms with Crippen LogP contribution in [0.2, 0.25) is 0 Å². The van der Waals surface area contributed by atoms with Gasteiger partial charge in [-0.1, -0.05) is 0 Å². The van der Waals surface area contributed by atoms with Gasteiger partial charge in [-0.3, -0.25) is 0 Å². The fourth-order valence-electron chi connectivity index (χ4n) is 2.34. The molecule has 0 radical (unpaired) electrons. The molecule has 1 aliphatic heterocycles. The van der Waals surface area contributed by atoms with Crippen LogP contribution in [0.15, 0.2) is 24.5 Å². The van der Waals surface area contributed by atoms with Gasteiger partial charge < -0.3 is 9.72 Å². The highest BCUT2D eigenvalue weighted by molar-refractivity contribution is 5.47. The van der Waals surface area contributed by atoms with Crippen LogP contribution in [0.25, 0.3) is 5.52 Å². The molecule has 2 aromatic heterocycles. The van der Waals surface area contributed by atoms with E-state index in [2.05, 4.69) is 10.3 Å². The predicted octanol–water partition coefficient (Wildman–Crippen LogP) is 1.77. The summed E-state index contributed by atoms with van der Waals surface area (Å²) in [6.07, 6.45) is 6.76. The van der Waals surface area contributed by atoms with Crippen molar-refractivity contribution in [3.05, 3.63) is 36.2 Å². The number of nitrogens with zero attached hydrogens (tertiary/aromatic N) is 2. The zero-order chi connectivity index (χ0) is 11.0. The molecule has 3 heterocycles. The standard InChI is InChI=1S/C12H14FN3/c13-10-4-2-6-16-11(10)8-15-12(16)7-9-3-1-5-14-9/h2,4,6,8-9,14H,1,3,5,7H2. The number of imidazole rings is 1. The Morgan fingerprint density at radius 3 is 3.31 bits per heavy atom. The largest absolute Gasteiger partial charge is 0.314 e. The lowest BCUT2D eigenvalue weighted by molar-refractivity contribution is 0.582. The molecule has 2 aromatic rings. The van der Waals surface area contributed by atoms with Gasteiger partial charge >= 0.3 is 0 Å². The molecule has 1 fully saturated rings. The first-order chi connectivity index (χ1) is 7.84. The Hall–Kier alpha value is -1.42. The van der Waals surface area contributed by atoms with Crippen molar-refractivity contribution in [3.63, 3.8) is 0 Å². The van der Waals surface area contributed by atoms with Gasteiger partial charge in [0.05, 0.1) is 6.20 Å². The van der Waals surface area contributed by atoms with E-state index in [0.717, 1.165) is 18.8 Å². The SMILES string of the molecule is Fc1cccn2c(CC3CCCN3)ncc12. The Morgan fingerprint density at radius 1 is 1.56 bits per heavy atom. The minimum atomic E-state index is -0.208. The van der Waals surface area contributed by atoms with Crippen LogP contribution >= 0.6 is 0 Å². The number of hydrogen-bond acceptors (Lipinski definition) is 2. The Bertz CT molecular complexity index is 500. The van der Waals surface area contributed by atoms with Crippen molar-refractivity contribution in [1.29, 1.82) is 0 Å². The molecule has 0 saturated carbocycles. The zero-order valence-corrected chi connectivity index (χ0v) is 8.99. The fraction of sp³-hybridized carbons (Fsp3) is 0.417. The van der Waals surface area contributed by atoms with Gasteiger partial charge in [0.15, 0.2) is 0 Å². The number of halogens is 1. The van der Waals surface area contributed by atoms with Gasteiger partial charge in [0.1, 0.15) is 17.2 Å². The third-order valence-electron chi connectivity index (χ3n) is 3.19. The molecule has 0 amide bonds. The van der Waals surface area contributed by atoms with Crippen molar-refractivity contribution in [3.8, 4) is 0 Å². The maximum absolute atomic E-state index is 13.4. The second kappa shape index (κ2) is 3.87. The molecule has 1 aliphatic rings. The van der Waals surface area contributed by atoms with Crippen LogP contribution in [0.1, 0.15) is 18.7 Å². The Balaban J connectivity index is 1.94. The summed E-state index contributed by atoms with van der Waals surface area (Å²) in [5.74, 6) is 0.731. The third kappa shape index (κ3) is 1.59. The van der Waals surface area contributed by atoms with Crippen LogP contribution in [0.5, 0.6) is 0 Å². The van der Waals surface area contributed by atoms with Crippen LogP contribution in [-0.2, 0) is 6.42 Å². The molecular weight excluding hydrogens is 205 g/mol. The minimum Gasteiger partial charge on any atom is -0.314 e. The molecule has 0 aromatic carbocycles. The number of hydrogen-bond donors (Lipinski definition) is 1. The number of pyridine rings is 1. The summed E-state index contributed by atoms with van der Waals surface area (Å²) >= 11 is 0. The smallest absolute Gasteiger partial charge is 0.148 e. The fourth-order valence-corrected chi connectivity index (χ4v) is 2.34. The lowest BCUT2D eigenvalue weighted by Crippen LogP contribution is -2.24. The first-order valence-corrected chi connectivity index (χ1v) is 5.68. The maximum Gasteiger partial charge on any atom is 0.148 e. The van der Waals surface area contributed by atoms with E-state index in [0.29, 0.717) is 11.6 Å². The van der Waals surface area contributed by atoms with Gasteiger partial charge in [-0.05, 0) is 31.5 Å². The first-order valence-electron chi connectivity index (χ1n) is 5.68. The van der Waals surface area contributed by atoms with Gasteiger partial charge in [-0.15, -0.1) is 0 Å².